The Morgan fingerprint density at radius 1 is 1.21 bits per heavy atom. The standard InChI is InChI=1S/C21H25N3O4S/c1-4-11-24(13-20(25)22-18-8-6-5-7-14(18)2)29(27,28)16-9-10-19-17(12-16)15(3)21(26)23-19/h5-10,12,15H,4,11,13H2,1-3H3,(H,22,25)(H,23,26)/t15-/m0/s1. The Morgan fingerprint density at radius 3 is 2.62 bits per heavy atom. The second kappa shape index (κ2) is 8.34. The van der Waals surface area contributed by atoms with E-state index in [9.17, 15) is 18.0 Å². The van der Waals surface area contributed by atoms with Gasteiger partial charge in [0.1, 0.15) is 0 Å². The first-order valence-electron chi connectivity index (χ1n) is 9.54. The fourth-order valence-electron chi connectivity index (χ4n) is 3.30. The molecule has 0 saturated carbocycles. The van der Waals surface area contributed by atoms with Gasteiger partial charge in [0.05, 0.1) is 17.4 Å². The van der Waals surface area contributed by atoms with Gasteiger partial charge in [-0.15, -0.1) is 0 Å². The van der Waals surface area contributed by atoms with Crippen molar-refractivity contribution < 1.29 is 18.0 Å². The predicted molar refractivity (Wildman–Crippen MR) is 112 cm³/mol. The molecule has 0 spiro atoms. The van der Waals surface area contributed by atoms with Crippen LogP contribution in [0.3, 0.4) is 0 Å². The minimum atomic E-state index is -3.89. The van der Waals surface area contributed by atoms with Crippen LogP contribution in [0.2, 0.25) is 0 Å². The smallest absolute Gasteiger partial charge is 0.243 e. The highest BCUT2D eigenvalue weighted by atomic mass is 32.2. The fourth-order valence-corrected chi connectivity index (χ4v) is 4.83. The van der Waals surface area contributed by atoms with Gasteiger partial charge in [0.25, 0.3) is 0 Å². The van der Waals surface area contributed by atoms with Crippen LogP contribution >= 0.6 is 0 Å². The third kappa shape index (κ3) is 4.33. The quantitative estimate of drug-likeness (QED) is 0.726. The zero-order valence-corrected chi connectivity index (χ0v) is 17.5. The number of aryl methyl sites for hydroxylation is 1. The molecule has 29 heavy (non-hydrogen) atoms. The van der Waals surface area contributed by atoms with Gasteiger partial charge in [0.2, 0.25) is 21.8 Å². The molecule has 0 aromatic heterocycles. The van der Waals surface area contributed by atoms with Crippen molar-refractivity contribution in [2.45, 2.75) is 38.0 Å². The lowest BCUT2D eigenvalue weighted by atomic mass is 10.0. The summed E-state index contributed by atoms with van der Waals surface area (Å²) in [7, 11) is -3.89. The van der Waals surface area contributed by atoms with E-state index >= 15 is 0 Å². The monoisotopic (exact) mass is 415 g/mol. The lowest BCUT2D eigenvalue weighted by Gasteiger charge is -2.22. The number of sulfonamides is 1. The molecule has 1 heterocycles. The lowest BCUT2D eigenvalue weighted by molar-refractivity contribution is -0.117. The summed E-state index contributed by atoms with van der Waals surface area (Å²) < 4.78 is 27.6. The Balaban J connectivity index is 1.83. The summed E-state index contributed by atoms with van der Waals surface area (Å²) >= 11 is 0. The minimum absolute atomic E-state index is 0.0803. The van der Waals surface area contributed by atoms with E-state index < -0.39 is 21.8 Å². The Hall–Kier alpha value is -2.71. The SMILES string of the molecule is CCCN(CC(=O)Nc1ccccc1C)S(=O)(=O)c1ccc2c(c1)[C@H](C)C(=O)N2. The fraction of sp³-hybridized carbons (Fsp3) is 0.333. The number of nitrogens with zero attached hydrogens (tertiary/aromatic N) is 1. The third-order valence-electron chi connectivity index (χ3n) is 4.99. The van der Waals surface area contributed by atoms with Gasteiger partial charge in [0, 0.05) is 17.9 Å². The highest BCUT2D eigenvalue weighted by molar-refractivity contribution is 7.89. The van der Waals surface area contributed by atoms with Crippen molar-refractivity contribution in [1.82, 2.24) is 4.31 Å². The van der Waals surface area contributed by atoms with E-state index in [1.165, 1.54) is 16.4 Å². The molecule has 0 radical (unpaired) electrons. The summed E-state index contributed by atoms with van der Waals surface area (Å²) in [6.07, 6.45) is 0.568. The van der Waals surface area contributed by atoms with Crippen molar-refractivity contribution in [2.24, 2.45) is 0 Å². The van der Waals surface area contributed by atoms with Crippen LogP contribution in [0.5, 0.6) is 0 Å². The van der Waals surface area contributed by atoms with Crippen LogP contribution in [0.25, 0.3) is 0 Å². The maximum absolute atomic E-state index is 13.2. The van der Waals surface area contributed by atoms with Gasteiger partial charge in [-0.25, -0.2) is 8.42 Å². The largest absolute Gasteiger partial charge is 0.325 e. The number of carbonyl (C=O) groups is 2. The summed E-state index contributed by atoms with van der Waals surface area (Å²) in [5.41, 5.74) is 2.83. The zero-order valence-electron chi connectivity index (χ0n) is 16.7. The van der Waals surface area contributed by atoms with Crippen LogP contribution < -0.4 is 10.6 Å². The summed E-state index contributed by atoms with van der Waals surface area (Å²) in [4.78, 5) is 24.5. The Bertz CT molecular complexity index is 1050. The molecule has 0 fully saturated rings. The summed E-state index contributed by atoms with van der Waals surface area (Å²) in [5.74, 6) is -0.968. The van der Waals surface area contributed by atoms with Crippen LogP contribution in [0.15, 0.2) is 47.4 Å². The molecule has 8 heteroatoms. The van der Waals surface area contributed by atoms with E-state index in [2.05, 4.69) is 10.6 Å². The number of para-hydroxylation sites is 1. The van der Waals surface area contributed by atoms with Crippen LogP contribution in [0, 0.1) is 6.92 Å². The molecule has 2 N–H and O–H groups in total. The molecule has 2 aromatic carbocycles. The molecule has 0 saturated heterocycles. The van der Waals surface area contributed by atoms with Crippen LogP contribution in [0.1, 0.15) is 37.3 Å². The summed E-state index contributed by atoms with van der Waals surface area (Å²) in [6.45, 7) is 5.39. The molecule has 2 amide bonds. The molecule has 1 atom stereocenters. The van der Waals surface area contributed by atoms with Gasteiger partial charge in [-0.3, -0.25) is 9.59 Å². The number of hydrogen-bond donors (Lipinski definition) is 2. The van der Waals surface area contributed by atoms with Crippen molar-refractivity contribution in [2.75, 3.05) is 23.7 Å². The molecule has 7 nitrogen and oxygen atoms in total. The van der Waals surface area contributed by atoms with Crippen LogP contribution in [-0.2, 0) is 19.6 Å². The van der Waals surface area contributed by atoms with Gasteiger partial charge < -0.3 is 10.6 Å². The van der Waals surface area contributed by atoms with Crippen LogP contribution in [0.4, 0.5) is 11.4 Å². The highest BCUT2D eigenvalue weighted by Crippen LogP contribution is 2.34. The number of benzene rings is 2. The third-order valence-corrected chi connectivity index (χ3v) is 6.83. The number of amides is 2. The maximum Gasteiger partial charge on any atom is 0.243 e. The molecule has 154 valence electrons. The van der Waals surface area contributed by atoms with Crippen molar-refractivity contribution in [3.8, 4) is 0 Å². The van der Waals surface area contributed by atoms with Crippen molar-refractivity contribution in [1.29, 1.82) is 0 Å². The molecular weight excluding hydrogens is 390 g/mol. The summed E-state index contributed by atoms with van der Waals surface area (Å²) in [6, 6.07) is 11.9. The number of fused-ring (bicyclic) bond motifs is 1. The normalized spacial score (nSPS) is 15.9. The molecule has 0 unspecified atom stereocenters. The van der Waals surface area contributed by atoms with Crippen molar-refractivity contribution >= 4 is 33.2 Å². The van der Waals surface area contributed by atoms with Gasteiger partial charge in [-0.05, 0) is 55.7 Å². The van der Waals surface area contributed by atoms with Crippen LogP contribution in [-0.4, -0.2) is 37.6 Å². The second-order valence-corrected chi connectivity index (χ2v) is 9.10. The average molecular weight is 416 g/mol. The summed E-state index contributed by atoms with van der Waals surface area (Å²) in [5, 5.41) is 5.51. The van der Waals surface area contributed by atoms with Gasteiger partial charge in [0.15, 0.2) is 0 Å². The lowest BCUT2D eigenvalue weighted by Crippen LogP contribution is -2.38. The molecule has 1 aliphatic rings. The number of anilines is 2. The van der Waals surface area contributed by atoms with Gasteiger partial charge >= 0.3 is 0 Å². The Morgan fingerprint density at radius 2 is 1.93 bits per heavy atom. The van der Waals surface area contributed by atoms with E-state index in [0.717, 1.165) is 5.56 Å². The van der Waals surface area contributed by atoms with Gasteiger partial charge in [-0.1, -0.05) is 25.1 Å². The van der Waals surface area contributed by atoms with E-state index in [-0.39, 0.29) is 23.9 Å². The first-order valence-corrected chi connectivity index (χ1v) is 11.0. The Kier molecular flexibility index (Phi) is 6.04. The van der Waals surface area contributed by atoms with E-state index in [1.54, 1.807) is 19.1 Å². The average Bonchev–Trinajstić information content (AvgIpc) is 2.97. The number of hydrogen-bond acceptors (Lipinski definition) is 4. The van der Waals surface area contributed by atoms with Gasteiger partial charge in [-0.2, -0.15) is 4.31 Å². The molecular formula is C21H25N3O4S. The number of carbonyl (C=O) groups excluding carboxylic acids is 2. The first kappa shape index (κ1) is 21.0. The first-order chi connectivity index (χ1) is 13.7. The molecule has 0 aliphatic carbocycles. The number of rotatable bonds is 7. The highest BCUT2D eigenvalue weighted by Gasteiger charge is 2.31. The zero-order chi connectivity index (χ0) is 21.2. The predicted octanol–water partition coefficient (Wildman–Crippen LogP) is 3.09. The minimum Gasteiger partial charge on any atom is -0.325 e. The molecule has 1 aliphatic heterocycles. The topological polar surface area (TPSA) is 95.6 Å². The number of nitrogens with one attached hydrogen (secondary N) is 2. The Labute approximate surface area is 171 Å². The van der Waals surface area contributed by atoms with E-state index in [4.69, 9.17) is 0 Å². The molecule has 3 rings (SSSR count). The second-order valence-electron chi connectivity index (χ2n) is 7.16. The van der Waals surface area contributed by atoms with E-state index in [0.29, 0.717) is 23.4 Å². The van der Waals surface area contributed by atoms with Crippen molar-refractivity contribution in [3.63, 3.8) is 0 Å². The van der Waals surface area contributed by atoms with E-state index in [1.807, 2.05) is 32.0 Å². The molecule has 2 aromatic rings. The van der Waals surface area contributed by atoms with Crippen molar-refractivity contribution in [3.05, 3.63) is 53.6 Å². The maximum atomic E-state index is 13.2. The molecule has 0 bridgehead atoms.